The predicted molar refractivity (Wildman–Crippen MR) is 101 cm³/mol. The number of halogens is 4. The molecule has 0 saturated heterocycles. The van der Waals surface area contributed by atoms with Gasteiger partial charge in [-0.15, -0.1) is 11.3 Å². The van der Waals surface area contributed by atoms with Crippen LogP contribution in [0.25, 0.3) is 10.1 Å². The van der Waals surface area contributed by atoms with Crippen molar-refractivity contribution in [1.29, 1.82) is 0 Å². The molecule has 0 bridgehead atoms. The molecule has 5 N–H and O–H groups in total. The van der Waals surface area contributed by atoms with Gasteiger partial charge in [-0.2, -0.15) is 13.2 Å². The average molecular weight is 438 g/mol. The van der Waals surface area contributed by atoms with Crippen LogP contribution in [-0.4, -0.2) is 35.0 Å². The van der Waals surface area contributed by atoms with E-state index in [1.165, 1.54) is 14.0 Å². The molecule has 0 saturated carbocycles. The second-order valence-corrected chi connectivity index (χ2v) is 7.47. The van der Waals surface area contributed by atoms with Gasteiger partial charge in [0.05, 0.1) is 24.4 Å². The molecule has 1 aromatic heterocycles. The van der Waals surface area contributed by atoms with E-state index in [1.54, 1.807) is 18.2 Å². The van der Waals surface area contributed by atoms with Crippen LogP contribution in [0.15, 0.2) is 30.1 Å². The van der Waals surface area contributed by atoms with E-state index in [0.29, 0.717) is 15.6 Å². The maximum Gasteiger partial charge on any atom is 0.422 e. The predicted octanol–water partition coefficient (Wildman–Crippen LogP) is 3.52. The van der Waals surface area contributed by atoms with Gasteiger partial charge in [0.15, 0.2) is 0 Å². The molecule has 1 unspecified atom stereocenters. The van der Waals surface area contributed by atoms with Crippen molar-refractivity contribution in [3.63, 3.8) is 0 Å². The van der Waals surface area contributed by atoms with Crippen LogP contribution in [0, 0.1) is 0 Å². The number of alkyl halides is 3. The van der Waals surface area contributed by atoms with Crippen LogP contribution < -0.4 is 11.6 Å². The summed E-state index contributed by atoms with van der Waals surface area (Å²) in [6, 6.07) is 5.05. The molecule has 0 amide bonds. The molecule has 11 heteroatoms. The minimum Gasteiger partial charge on any atom is -0.465 e. The van der Waals surface area contributed by atoms with Gasteiger partial charge < -0.3 is 20.6 Å². The number of methoxy groups -OCH3 is 1. The minimum absolute atomic E-state index is 0.0113. The minimum atomic E-state index is -4.93. The Balaban J connectivity index is 2.27. The van der Waals surface area contributed by atoms with Crippen molar-refractivity contribution >= 4 is 39.0 Å². The Hall–Kier alpha value is -2.01. The van der Waals surface area contributed by atoms with Gasteiger partial charge >= 0.3 is 12.1 Å². The second kappa shape index (κ2) is 8.16. The maximum absolute atomic E-state index is 13.1. The number of hydrazine groups is 1. The summed E-state index contributed by atoms with van der Waals surface area (Å²) in [6.07, 6.45) is -4.73. The summed E-state index contributed by atoms with van der Waals surface area (Å²) in [5.41, 5.74) is 2.14. The third-order valence-electron chi connectivity index (χ3n) is 4.19. The average Bonchev–Trinajstić information content (AvgIpc) is 2.95. The number of ether oxygens (including phenoxy) is 1. The van der Waals surface area contributed by atoms with Crippen LogP contribution >= 0.6 is 22.9 Å². The lowest BCUT2D eigenvalue weighted by molar-refractivity contribution is -0.245. The summed E-state index contributed by atoms with van der Waals surface area (Å²) in [7, 11) is 1.25. The Morgan fingerprint density at radius 3 is 2.61 bits per heavy atom. The van der Waals surface area contributed by atoms with Crippen molar-refractivity contribution in [2.45, 2.75) is 31.7 Å². The van der Waals surface area contributed by atoms with E-state index in [0.717, 1.165) is 22.5 Å². The first kappa shape index (κ1) is 22.3. The number of hydrogen-bond donors (Lipinski definition) is 3. The van der Waals surface area contributed by atoms with E-state index >= 15 is 0 Å². The van der Waals surface area contributed by atoms with E-state index in [9.17, 15) is 23.1 Å². The van der Waals surface area contributed by atoms with Crippen molar-refractivity contribution in [3.8, 4) is 0 Å². The molecule has 1 heterocycles. The number of esters is 1. The van der Waals surface area contributed by atoms with Crippen molar-refractivity contribution in [2.24, 2.45) is 11.6 Å². The standard InChI is InChI=1S/C17H19ClF3N3O3S/c1-3-16(26,17(19,20)21)12(22)8-24(23)7-9-4-5-10-11(6-9)28-14(13(10)18)15(25)27-2/h4-6,8,26H,3,7,22-23H2,1-2H3/b12-8-. The highest BCUT2D eigenvalue weighted by Crippen LogP contribution is 2.38. The topological polar surface area (TPSA) is 102 Å². The molecule has 6 nitrogen and oxygen atoms in total. The fourth-order valence-corrected chi connectivity index (χ4v) is 4.03. The maximum atomic E-state index is 13.1. The van der Waals surface area contributed by atoms with E-state index in [2.05, 4.69) is 4.74 Å². The number of carbonyl (C=O) groups is 1. The number of nitrogens with two attached hydrogens (primary N) is 2. The Morgan fingerprint density at radius 2 is 2.07 bits per heavy atom. The van der Waals surface area contributed by atoms with Crippen molar-refractivity contribution in [1.82, 2.24) is 5.01 Å². The zero-order valence-corrected chi connectivity index (χ0v) is 16.6. The number of thiophene rings is 1. The Kier molecular flexibility index (Phi) is 6.49. The number of fused-ring (bicyclic) bond motifs is 1. The molecule has 0 fully saturated rings. The fraction of sp³-hybridized carbons (Fsp3) is 0.353. The Labute approximate surface area is 168 Å². The van der Waals surface area contributed by atoms with Gasteiger partial charge in [-0.3, -0.25) is 0 Å². The van der Waals surface area contributed by atoms with Gasteiger partial charge in [-0.25, -0.2) is 10.6 Å². The number of rotatable bonds is 6. The first-order chi connectivity index (χ1) is 12.9. The Morgan fingerprint density at radius 1 is 1.43 bits per heavy atom. The molecular formula is C17H19ClF3N3O3S. The lowest BCUT2D eigenvalue weighted by atomic mass is 9.96. The lowest BCUT2D eigenvalue weighted by Gasteiger charge is -2.30. The zero-order chi connectivity index (χ0) is 21.3. The van der Waals surface area contributed by atoms with Crippen molar-refractivity contribution in [2.75, 3.05) is 7.11 Å². The van der Waals surface area contributed by atoms with Gasteiger partial charge in [-0.1, -0.05) is 30.7 Å². The summed E-state index contributed by atoms with van der Waals surface area (Å²) in [5, 5.41) is 11.7. The molecule has 154 valence electrons. The summed E-state index contributed by atoms with van der Waals surface area (Å²) >= 11 is 7.31. The van der Waals surface area contributed by atoms with Gasteiger partial charge in [0, 0.05) is 16.3 Å². The highest BCUT2D eigenvalue weighted by molar-refractivity contribution is 7.21. The molecule has 1 aromatic carbocycles. The molecule has 0 spiro atoms. The van der Waals surface area contributed by atoms with E-state index in [-0.39, 0.29) is 16.4 Å². The molecule has 0 aliphatic carbocycles. The van der Waals surface area contributed by atoms with Gasteiger partial charge in [-0.05, 0) is 18.1 Å². The third-order valence-corrected chi connectivity index (χ3v) is 5.83. The van der Waals surface area contributed by atoms with Gasteiger partial charge in [0.2, 0.25) is 5.60 Å². The molecule has 0 radical (unpaired) electrons. The normalized spacial score (nSPS) is 14.8. The van der Waals surface area contributed by atoms with Crippen LogP contribution in [0.2, 0.25) is 5.02 Å². The summed E-state index contributed by atoms with van der Waals surface area (Å²) < 4.78 is 44.6. The Bertz CT molecular complexity index is 916. The van der Waals surface area contributed by atoms with E-state index in [4.69, 9.17) is 23.2 Å². The largest absolute Gasteiger partial charge is 0.465 e. The smallest absolute Gasteiger partial charge is 0.422 e. The van der Waals surface area contributed by atoms with E-state index < -0.39 is 29.9 Å². The summed E-state index contributed by atoms with van der Waals surface area (Å²) in [5.74, 6) is 5.19. The van der Waals surface area contributed by atoms with E-state index in [1.807, 2.05) is 0 Å². The molecule has 1 atom stereocenters. The highest BCUT2D eigenvalue weighted by atomic mass is 35.5. The van der Waals surface area contributed by atoms with Gasteiger partial charge in [0.25, 0.3) is 0 Å². The summed E-state index contributed by atoms with van der Waals surface area (Å²) in [4.78, 5) is 12.0. The highest BCUT2D eigenvalue weighted by Gasteiger charge is 2.54. The third kappa shape index (κ3) is 4.19. The molecule has 2 rings (SSSR count). The summed E-state index contributed by atoms with van der Waals surface area (Å²) in [6.45, 7) is 1.18. The van der Waals surface area contributed by atoms with Crippen molar-refractivity contribution < 1.29 is 27.8 Å². The van der Waals surface area contributed by atoms with Crippen LogP contribution in [0.3, 0.4) is 0 Å². The van der Waals surface area contributed by atoms with Crippen LogP contribution in [0.4, 0.5) is 13.2 Å². The molecule has 0 aliphatic rings. The van der Waals surface area contributed by atoms with Crippen LogP contribution in [-0.2, 0) is 11.3 Å². The lowest BCUT2D eigenvalue weighted by Crippen LogP contribution is -2.49. The van der Waals surface area contributed by atoms with Crippen LogP contribution in [0.5, 0.6) is 0 Å². The first-order valence-corrected chi connectivity index (χ1v) is 9.21. The molecule has 0 aliphatic heterocycles. The molecule has 2 aromatic rings. The zero-order valence-electron chi connectivity index (χ0n) is 15.0. The van der Waals surface area contributed by atoms with Gasteiger partial charge in [0.1, 0.15) is 4.88 Å². The SMILES string of the molecule is CCC(O)(/C(N)=C/N(N)Cc1ccc2c(Cl)c(C(=O)OC)sc2c1)C(F)(F)F. The first-order valence-electron chi connectivity index (χ1n) is 8.02. The number of hydrogen-bond acceptors (Lipinski definition) is 7. The number of benzene rings is 1. The quantitative estimate of drug-likeness (QED) is 0.363. The fourth-order valence-electron chi connectivity index (χ4n) is 2.54. The number of carbonyl (C=O) groups excluding carboxylic acids is 1. The number of nitrogens with zero attached hydrogens (tertiary/aromatic N) is 1. The van der Waals surface area contributed by atoms with Crippen LogP contribution in [0.1, 0.15) is 28.6 Å². The number of aliphatic hydroxyl groups is 1. The van der Waals surface area contributed by atoms with Crippen molar-refractivity contribution in [3.05, 3.63) is 45.6 Å². The monoisotopic (exact) mass is 437 g/mol. The molecular weight excluding hydrogens is 419 g/mol. The second-order valence-electron chi connectivity index (χ2n) is 6.04. The molecule has 28 heavy (non-hydrogen) atoms.